The minimum atomic E-state index is -4.49. The van der Waals surface area contributed by atoms with Crippen molar-refractivity contribution >= 4 is 35.4 Å². The molecular formula is C37H42F3N5O5. The van der Waals surface area contributed by atoms with E-state index in [9.17, 15) is 32.3 Å². The minimum absolute atomic E-state index is 0.0422. The molecule has 4 rings (SSSR count). The van der Waals surface area contributed by atoms with Gasteiger partial charge in [-0.3, -0.25) is 19.2 Å². The summed E-state index contributed by atoms with van der Waals surface area (Å²) in [5, 5.41) is 0. The van der Waals surface area contributed by atoms with E-state index in [1.165, 1.54) is 34.1 Å². The second-order valence-electron chi connectivity index (χ2n) is 12.1. The van der Waals surface area contributed by atoms with Crippen LogP contribution in [0.15, 0.2) is 84.9 Å². The average Bonchev–Trinajstić information content (AvgIpc) is 3.10. The Labute approximate surface area is 289 Å². The molecule has 1 aliphatic heterocycles. The van der Waals surface area contributed by atoms with E-state index >= 15 is 0 Å². The molecule has 1 aliphatic rings. The first-order valence-corrected chi connectivity index (χ1v) is 16.2. The first-order valence-electron chi connectivity index (χ1n) is 16.2. The van der Waals surface area contributed by atoms with Gasteiger partial charge in [0.1, 0.15) is 12.6 Å². The van der Waals surface area contributed by atoms with E-state index in [0.29, 0.717) is 31.7 Å². The van der Waals surface area contributed by atoms with E-state index in [1.807, 2.05) is 54.6 Å². The molecular weight excluding hydrogens is 651 g/mol. The normalized spacial score (nSPS) is 14.0. The van der Waals surface area contributed by atoms with E-state index in [1.54, 1.807) is 18.9 Å². The number of hydrogen-bond acceptors (Lipinski definition) is 6. The van der Waals surface area contributed by atoms with Crippen LogP contribution < -0.4 is 10.6 Å². The van der Waals surface area contributed by atoms with Gasteiger partial charge in [0.05, 0.1) is 12.2 Å². The molecule has 1 saturated heterocycles. The molecule has 0 spiro atoms. The van der Waals surface area contributed by atoms with Gasteiger partial charge in [-0.1, -0.05) is 54.6 Å². The molecule has 0 unspecified atom stereocenters. The molecule has 0 bridgehead atoms. The highest BCUT2D eigenvalue weighted by Crippen LogP contribution is 2.29. The van der Waals surface area contributed by atoms with Crippen LogP contribution in [0, 0.1) is 0 Å². The van der Waals surface area contributed by atoms with Crippen molar-refractivity contribution in [3.63, 3.8) is 0 Å². The predicted molar refractivity (Wildman–Crippen MR) is 184 cm³/mol. The third-order valence-electron chi connectivity index (χ3n) is 8.44. The number of benzene rings is 3. The number of rotatable bonds is 14. The second kappa shape index (κ2) is 17.5. The number of nitrogens with two attached hydrogens (primary N) is 1. The van der Waals surface area contributed by atoms with Gasteiger partial charge in [-0.05, 0) is 47.0 Å². The highest BCUT2D eigenvalue weighted by molar-refractivity contribution is 5.95. The number of likely N-dealkylation sites (N-methyl/N-ethyl adjacent to an activating group) is 1. The topological polar surface area (TPSA) is 116 Å². The van der Waals surface area contributed by atoms with E-state index in [4.69, 9.17) is 10.5 Å². The Bertz CT molecular complexity index is 1620. The van der Waals surface area contributed by atoms with E-state index in [2.05, 4.69) is 4.90 Å². The Morgan fingerprint density at radius 2 is 1.54 bits per heavy atom. The molecule has 50 heavy (non-hydrogen) atoms. The van der Waals surface area contributed by atoms with Crippen molar-refractivity contribution in [2.75, 3.05) is 57.9 Å². The lowest BCUT2D eigenvalue weighted by molar-refractivity contribution is -0.143. The molecule has 0 aliphatic carbocycles. The summed E-state index contributed by atoms with van der Waals surface area (Å²) in [6.45, 7) is 4.11. The molecule has 10 nitrogen and oxygen atoms in total. The molecule has 1 heterocycles. The molecule has 4 amide bonds. The second-order valence-corrected chi connectivity index (χ2v) is 12.1. The molecule has 1 atom stereocenters. The van der Waals surface area contributed by atoms with Crippen molar-refractivity contribution in [1.82, 2.24) is 14.7 Å². The molecule has 3 aromatic carbocycles. The molecule has 1 fully saturated rings. The number of piperazine rings is 1. The van der Waals surface area contributed by atoms with E-state index < -0.39 is 29.6 Å². The van der Waals surface area contributed by atoms with Crippen LogP contribution in [0.5, 0.6) is 0 Å². The van der Waals surface area contributed by atoms with Gasteiger partial charge in [0, 0.05) is 71.4 Å². The Balaban J connectivity index is 1.62. The summed E-state index contributed by atoms with van der Waals surface area (Å²) in [4.78, 5) is 57.8. The average molecular weight is 694 g/mol. The summed E-state index contributed by atoms with van der Waals surface area (Å²) < 4.78 is 44.6. The highest BCUT2D eigenvalue weighted by atomic mass is 19.4. The quantitative estimate of drug-likeness (QED) is 0.202. The third-order valence-corrected chi connectivity index (χ3v) is 8.44. The Hall–Kier alpha value is -5.17. The van der Waals surface area contributed by atoms with Crippen molar-refractivity contribution in [2.24, 2.45) is 5.73 Å². The molecule has 3 aromatic rings. The third kappa shape index (κ3) is 10.9. The number of carbonyl (C=O) groups excluding carboxylic acids is 4. The van der Waals surface area contributed by atoms with E-state index in [0.717, 1.165) is 28.9 Å². The Morgan fingerprint density at radius 1 is 0.900 bits per heavy atom. The summed E-state index contributed by atoms with van der Waals surface area (Å²) in [7, 11) is 1.58. The van der Waals surface area contributed by atoms with Crippen molar-refractivity contribution < 1.29 is 37.1 Å². The van der Waals surface area contributed by atoms with Crippen LogP contribution in [0.3, 0.4) is 0 Å². The van der Waals surface area contributed by atoms with Crippen LogP contribution in [0.4, 0.5) is 18.9 Å². The molecule has 266 valence electrons. The zero-order chi connectivity index (χ0) is 36.3. The fraction of sp³-hybridized carbons (Fsp3) is 0.351. The van der Waals surface area contributed by atoms with Gasteiger partial charge in [-0.15, -0.1) is 0 Å². The number of halogens is 3. The van der Waals surface area contributed by atoms with Crippen molar-refractivity contribution in [3.8, 4) is 0 Å². The molecule has 0 saturated carbocycles. The van der Waals surface area contributed by atoms with Gasteiger partial charge in [-0.2, -0.15) is 13.2 Å². The molecule has 0 aromatic heterocycles. The number of carbonyl (C=O) groups is 4. The summed E-state index contributed by atoms with van der Waals surface area (Å²) in [6.07, 6.45) is -1.63. The largest absolute Gasteiger partial charge is 0.416 e. The summed E-state index contributed by atoms with van der Waals surface area (Å²) in [6, 6.07) is 20.4. The number of primary amides is 1. The van der Waals surface area contributed by atoms with Gasteiger partial charge in [-0.25, -0.2) is 0 Å². The van der Waals surface area contributed by atoms with Crippen molar-refractivity contribution in [2.45, 2.75) is 32.1 Å². The number of anilines is 1. The molecule has 2 N–H and O–H groups in total. The maximum Gasteiger partial charge on any atom is 0.416 e. The lowest BCUT2D eigenvalue weighted by atomic mass is 10.0. The van der Waals surface area contributed by atoms with Crippen LogP contribution in [0.1, 0.15) is 29.2 Å². The summed E-state index contributed by atoms with van der Waals surface area (Å²) in [5.74, 6) is -1.47. The Morgan fingerprint density at radius 3 is 2.12 bits per heavy atom. The SMILES string of the molecule is CC(=O)N1CCN(c2ccc(CN(C(=O)C=Cc3ccc(C(F)(F)F)cc3)[C@@H](Cc3ccccc3)C(=O)N(C)CCOCC(N)=O)cc2)CC1. The molecule has 0 radical (unpaired) electrons. The predicted octanol–water partition coefficient (Wildman–Crippen LogP) is 3.99. The van der Waals surface area contributed by atoms with Gasteiger partial charge in [0.2, 0.25) is 23.6 Å². The zero-order valence-corrected chi connectivity index (χ0v) is 28.1. The monoisotopic (exact) mass is 693 g/mol. The number of hydrogen-bond donors (Lipinski definition) is 1. The zero-order valence-electron chi connectivity index (χ0n) is 28.1. The maximum atomic E-state index is 14.1. The van der Waals surface area contributed by atoms with Gasteiger partial charge in [0.25, 0.3) is 0 Å². The lowest BCUT2D eigenvalue weighted by Crippen LogP contribution is -2.51. The van der Waals surface area contributed by atoms with Crippen molar-refractivity contribution in [3.05, 3.63) is 107 Å². The number of alkyl halides is 3. The minimum Gasteiger partial charge on any atom is -0.370 e. The summed E-state index contributed by atoms with van der Waals surface area (Å²) >= 11 is 0. The number of amides is 4. The number of nitrogens with zero attached hydrogens (tertiary/aromatic N) is 4. The van der Waals surface area contributed by atoms with Crippen molar-refractivity contribution in [1.29, 1.82) is 0 Å². The van der Waals surface area contributed by atoms with Gasteiger partial charge >= 0.3 is 6.18 Å². The molecule has 13 heteroatoms. The van der Waals surface area contributed by atoms with Crippen LogP contribution in [-0.2, 0) is 43.1 Å². The first-order chi connectivity index (χ1) is 23.8. The van der Waals surface area contributed by atoms with Gasteiger partial charge in [0.15, 0.2) is 0 Å². The van der Waals surface area contributed by atoms with Crippen LogP contribution in [-0.4, -0.2) is 97.4 Å². The lowest BCUT2D eigenvalue weighted by Gasteiger charge is -2.36. The fourth-order valence-electron chi connectivity index (χ4n) is 5.58. The smallest absolute Gasteiger partial charge is 0.370 e. The van der Waals surface area contributed by atoms with Crippen LogP contribution >= 0.6 is 0 Å². The van der Waals surface area contributed by atoms with Crippen LogP contribution in [0.2, 0.25) is 0 Å². The summed E-state index contributed by atoms with van der Waals surface area (Å²) in [5.41, 5.74) is 7.27. The fourth-order valence-corrected chi connectivity index (χ4v) is 5.58. The maximum absolute atomic E-state index is 14.1. The standard InChI is InChI=1S/C37H42F3N5O5/c1-27(46)43-18-20-44(21-19-43)32-15-10-30(11-16-32)25-45(35(48)17-12-28-8-13-31(14-9-28)37(38,39)40)33(24-29-6-4-3-5-7-29)36(49)42(2)22-23-50-26-34(41)47/h3-17,33H,18-26H2,1-2H3,(H2,41,47)/t33-/m0/s1. The van der Waals surface area contributed by atoms with E-state index in [-0.39, 0.29) is 44.5 Å². The highest BCUT2D eigenvalue weighted by Gasteiger charge is 2.32. The Kier molecular flexibility index (Phi) is 13.2. The number of ether oxygens (including phenoxy) is 1. The van der Waals surface area contributed by atoms with Gasteiger partial charge < -0.3 is 30.1 Å². The first kappa shape index (κ1) is 37.6. The van der Waals surface area contributed by atoms with Crippen LogP contribution in [0.25, 0.3) is 6.08 Å².